The number of ketones is 2. The Morgan fingerprint density at radius 3 is 1.93 bits per heavy atom. The van der Waals surface area contributed by atoms with Gasteiger partial charge in [-0.3, -0.25) is 9.59 Å². The van der Waals surface area contributed by atoms with Crippen LogP contribution in [-0.4, -0.2) is 11.6 Å². The molecule has 86 valence electrons. The van der Waals surface area contributed by atoms with E-state index in [1.807, 2.05) is 6.92 Å². The molecule has 0 aromatic heterocycles. The molecule has 2 fully saturated rings. The van der Waals surface area contributed by atoms with Crippen molar-refractivity contribution >= 4 is 11.6 Å². The van der Waals surface area contributed by atoms with Crippen LogP contribution in [0, 0.1) is 11.8 Å². The molecule has 0 N–H and O–H groups in total. The first-order valence-corrected chi connectivity index (χ1v) is 6.14. The van der Waals surface area contributed by atoms with Crippen LogP contribution in [-0.2, 0) is 9.59 Å². The molecule has 0 spiro atoms. The zero-order chi connectivity index (χ0) is 11.3. The van der Waals surface area contributed by atoms with E-state index in [2.05, 4.69) is 6.92 Å². The molecular weight excluding hydrogens is 188 g/mol. The molecule has 0 heterocycles. The van der Waals surface area contributed by atoms with Gasteiger partial charge in [-0.25, -0.2) is 0 Å². The SMILES string of the molecule is CC1CCCC(=O)C1.CC1CCCC1=O. The monoisotopic (exact) mass is 210 g/mol. The molecule has 2 saturated carbocycles. The van der Waals surface area contributed by atoms with E-state index in [4.69, 9.17) is 0 Å². The third-order valence-electron chi connectivity index (χ3n) is 3.34. The normalized spacial score (nSPS) is 31.1. The molecule has 2 aliphatic carbocycles. The maximum absolute atomic E-state index is 10.7. The van der Waals surface area contributed by atoms with E-state index in [1.54, 1.807) is 0 Å². The van der Waals surface area contributed by atoms with Crippen LogP contribution in [0.5, 0.6) is 0 Å². The second kappa shape index (κ2) is 6.04. The molecule has 2 rings (SSSR count). The summed E-state index contributed by atoms with van der Waals surface area (Å²) >= 11 is 0. The molecule has 2 heteroatoms. The summed E-state index contributed by atoms with van der Waals surface area (Å²) < 4.78 is 0. The van der Waals surface area contributed by atoms with Crippen LogP contribution >= 0.6 is 0 Å². The Bertz CT molecular complexity index is 233. The molecule has 0 saturated heterocycles. The van der Waals surface area contributed by atoms with Gasteiger partial charge in [0.05, 0.1) is 0 Å². The van der Waals surface area contributed by atoms with E-state index in [0.29, 0.717) is 23.4 Å². The molecule has 0 amide bonds. The van der Waals surface area contributed by atoms with E-state index >= 15 is 0 Å². The third-order valence-corrected chi connectivity index (χ3v) is 3.34. The lowest BCUT2D eigenvalue weighted by Gasteiger charge is -2.14. The second-order valence-electron chi connectivity index (χ2n) is 5.00. The Kier molecular flexibility index (Phi) is 5.00. The minimum atomic E-state index is 0.375. The van der Waals surface area contributed by atoms with Crippen molar-refractivity contribution in [2.24, 2.45) is 11.8 Å². The highest BCUT2D eigenvalue weighted by molar-refractivity contribution is 5.82. The molecule has 0 radical (unpaired) electrons. The summed E-state index contributed by atoms with van der Waals surface area (Å²) in [6, 6.07) is 0. The van der Waals surface area contributed by atoms with Gasteiger partial charge in [0.2, 0.25) is 0 Å². The topological polar surface area (TPSA) is 34.1 Å². The lowest BCUT2D eigenvalue weighted by Crippen LogP contribution is -2.11. The molecule has 0 aromatic carbocycles. The summed E-state index contributed by atoms with van der Waals surface area (Å²) in [6.07, 6.45) is 7.14. The van der Waals surface area contributed by atoms with Gasteiger partial charge >= 0.3 is 0 Å². The van der Waals surface area contributed by atoms with Crippen molar-refractivity contribution in [3.05, 3.63) is 0 Å². The third kappa shape index (κ3) is 4.59. The predicted octanol–water partition coefficient (Wildman–Crippen LogP) is 3.14. The fraction of sp³-hybridized carbons (Fsp3) is 0.846. The number of Topliss-reactive ketones (excluding diaryl/α,β-unsaturated/α-hetero) is 2. The van der Waals surface area contributed by atoms with Crippen LogP contribution < -0.4 is 0 Å². The lowest BCUT2D eigenvalue weighted by atomic mass is 9.90. The van der Waals surface area contributed by atoms with Gasteiger partial charge < -0.3 is 0 Å². The summed E-state index contributed by atoms with van der Waals surface area (Å²) in [5.41, 5.74) is 0. The van der Waals surface area contributed by atoms with Gasteiger partial charge in [0.15, 0.2) is 0 Å². The van der Waals surface area contributed by atoms with Gasteiger partial charge in [-0.05, 0) is 31.6 Å². The van der Waals surface area contributed by atoms with Gasteiger partial charge in [-0.2, -0.15) is 0 Å². The average molecular weight is 210 g/mol. The predicted molar refractivity (Wildman–Crippen MR) is 60.7 cm³/mol. The molecule has 2 aliphatic rings. The number of hydrogen-bond acceptors (Lipinski definition) is 2. The first-order valence-electron chi connectivity index (χ1n) is 6.14. The minimum absolute atomic E-state index is 0.375. The van der Waals surface area contributed by atoms with E-state index < -0.39 is 0 Å². The lowest BCUT2D eigenvalue weighted by molar-refractivity contribution is -0.121. The fourth-order valence-electron chi connectivity index (χ4n) is 2.23. The van der Waals surface area contributed by atoms with E-state index in [0.717, 1.165) is 38.5 Å². The van der Waals surface area contributed by atoms with E-state index in [1.165, 1.54) is 6.42 Å². The molecule has 15 heavy (non-hydrogen) atoms. The fourth-order valence-corrected chi connectivity index (χ4v) is 2.23. The number of carbonyl (C=O) groups excluding carboxylic acids is 2. The summed E-state index contributed by atoms with van der Waals surface area (Å²) in [6.45, 7) is 4.16. The van der Waals surface area contributed by atoms with Gasteiger partial charge in [-0.15, -0.1) is 0 Å². The summed E-state index contributed by atoms with van der Waals surface area (Å²) in [7, 11) is 0. The van der Waals surface area contributed by atoms with Crippen LogP contribution in [0.15, 0.2) is 0 Å². The summed E-state index contributed by atoms with van der Waals surface area (Å²) in [5.74, 6) is 1.96. The van der Waals surface area contributed by atoms with Crippen molar-refractivity contribution in [1.82, 2.24) is 0 Å². The molecule has 2 unspecified atom stereocenters. The van der Waals surface area contributed by atoms with Gasteiger partial charge in [0, 0.05) is 25.2 Å². The largest absolute Gasteiger partial charge is 0.300 e. The summed E-state index contributed by atoms with van der Waals surface area (Å²) in [5, 5.41) is 0. The highest BCUT2D eigenvalue weighted by atomic mass is 16.1. The highest BCUT2D eigenvalue weighted by Crippen LogP contribution is 2.20. The molecule has 0 bridgehead atoms. The van der Waals surface area contributed by atoms with Crippen LogP contribution in [0.2, 0.25) is 0 Å². The number of carbonyl (C=O) groups is 2. The van der Waals surface area contributed by atoms with Crippen molar-refractivity contribution in [2.75, 3.05) is 0 Å². The number of hydrogen-bond donors (Lipinski definition) is 0. The Morgan fingerprint density at radius 2 is 1.67 bits per heavy atom. The van der Waals surface area contributed by atoms with Crippen LogP contribution in [0.4, 0.5) is 0 Å². The highest BCUT2D eigenvalue weighted by Gasteiger charge is 2.18. The molecular formula is C13H22O2. The zero-order valence-electron chi connectivity index (χ0n) is 9.92. The Balaban J connectivity index is 0.000000151. The zero-order valence-corrected chi connectivity index (χ0v) is 9.92. The molecule has 2 nitrogen and oxygen atoms in total. The van der Waals surface area contributed by atoms with Crippen LogP contribution in [0.3, 0.4) is 0 Å². The summed E-state index contributed by atoms with van der Waals surface area (Å²) in [4.78, 5) is 21.2. The van der Waals surface area contributed by atoms with Gasteiger partial charge in [-0.1, -0.05) is 13.8 Å². The van der Waals surface area contributed by atoms with Crippen molar-refractivity contribution in [2.45, 2.75) is 58.8 Å². The van der Waals surface area contributed by atoms with E-state index in [-0.39, 0.29) is 0 Å². The van der Waals surface area contributed by atoms with Crippen LogP contribution in [0.25, 0.3) is 0 Å². The van der Waals surface area contributed by atoms with Crippen LogP contribution in [0.1, 0.15) is 58.8 Å². The quantitative estimate of drug-likeness (QED) is 0.615. The average Bonchev–Trinajstić information content (AvgIpc) is 2.51. The standard InChI is InChI=1S/C7H12O.C6H10O/c1-6-3-2-4-7(8)5-6;1-5-3-2-4-6(5)7/h6H,2-5H2,1H3;5H,2-4H2,1H3. The maximum Gasteiger partial charge on any atom is 0.135 e. The van der Waals surface area contributed by atoms with Gasteiger partial charge in [0.25, 0.3) is 0 Å². The minimum Gasteiger partial charge on any atom is -0.300 e. The van der Waals surface area contributed by atoms with Crippen molar-refractivity contribution < 1.29 is 9.59 Å². The molecule has 2 atom stereocenters. The van der Waals surface area contributed by atoms with Crippen molar-refractivity contribution in [3.63, 3.8) is 0 Å². The van der Waals surface area contributed by atoms with Crippen molar-refractivity contribution in [3.8, 4) is 0 Å². The van der Waals surface area contributed by atoms with E-state index in [9.17, 15) is 9.59 Å². The molecule has 0 aliphatic heterocycles. The first-order chi connectivity index (χ1) is 7.09. The maximum atomic E-state index is 10.7. The number of rotatable bonds is 0. The Labute approximate surface area is 92.4 Å². The second-order valence-corrected chi connectivity index (χ2v) is 5.00. The molecule has 0 aromatic rings. The smallest absolute Gasteiger partial charge is 0.135 e. The van der Waals surface area contributed by atoms with Gasteiger partial charge in [0.1, 0.15) is 11.6 Å². The first kappa shape index (κ1) is 12.4. The van der Waals surface area contributed by atoms with Crippen molar-refractivity contribution in [1.29, 1.82) is 0 Å². The Morgan fingerprint density at radius 1 is 1.00 bits per heavy atom. The Hall–Kier alpha value is -0.660.